The summed E-state index contributed by atoms with van der Waals surface area (Å²) >= 11 is 3.33. The molecule has 0 radical (unpaired) electrons. The van der Waals surface area contributed by atoms with Gasteiger partial charge < -0.3 is 9.47 Å². The quantitative estimate of drug-likeness (QED) is 0.689. The van der Waals surface area contributed by atoms with Crippen LogP contribution in [0.15, 0.2) is 51.9 Å². The van der Waals surface area contributed by atoms with Gasteiger partial charge >= 0.3 is 0 Å². The number of halogens is 1. The van der Waals surface area contributed by atoms with Gasteiger partial charge in [-0.3, -0.25) is 9.20 Å². The summed E-state index contributed by atoms with van der Waals surface area (Å²) in [5, 5.41) is 8.91. The molecule has 0 aliphatic heterocycles. The van der Waals surface area contributed by atoms with Gasteiger partial charge in [-0.1, -0.05) is 0 Å². The molecule has 0 saturated heterocycles. The predicted molar refractivity (Wildman–Crippen MR) is 91.2 cm³/mol. The van der Waals surface area contributed by atoms with Crippen LogP contribution < -0.4 is 15.0 Å². The maximum absolute atomic E-state index is 12.2. The Bertz CT molecular complexity index is 1010. The molecule has 24 heavy (non-hydrogen) atoms. The Balaban J connectivity index is 1.87. The zero-order valence-corrected chi connectivity index (χ0v) is 14.3. The number of ether oxygens (including phenoxy) is 2. The molecule has 0 unspecified atom stereocenters. The minimum atomic E-state index is -0.188. The third-order valence-electron chi connectivity index (χ3n) is 3.34. The number of benzene rings is 1. The molecular formula is C17H12BrN3O3. The number of nitriles is 1. The van der Waals surface area contributed by atoms with Crippen molar-refractivity contribution >= 4 is 21.6 Å². The molecule has 0 amide bonds. The number of hydrogen-bond acceptors (Lipinski definition) is 5. The molecule has 0 spiro atoms. The van der Waals surface area contributed by atoms with E-state index in [1.54, 1.807) is 30.5 Å². The van der Waals surface area contributed by atoms with Crippen LogP contribution >= 0.6 is 15.9 Å². The lowest BCUT2D eigenvalue weighted by Crippen LogP contribution is -2.16. The van der Waals surface area contributed by atoms with E-state index in [4.69, 9.17) is 14.7 Å². The van der Waals surface area contributed by atoms with E-state index in [0.717, 1.165) is 4.47 Å². The lowest BCUT2D eigenvalue weighted by Gasteiger charge is -2.11. The van der Waals surface area contributed by atoms with Crippen molar-refractivity contribution in [2.75, 3.05) is 7.11 Å². The van der Waals surface area contributed by atoms with Crippen molar-refractivity contribution in [2.24, 2.45) is 0 Å². The highest BCUT2D eigenvalue weighted by molar-refractivity contribution is 9.10. The molecule has 1 aromatic carbocycles. The molecule has 0 atom stereocenters. The maximum atomic E-state index is 12.2. The van der Waals surface area contributed by atoms with E-state index in [1.165, 1.54) is 17.6 Å². The van der Waals surface area contributed by atoms with Crippen LogP contribution in [-0.2, 0) is 6.61 Å². The summed E-state index contributed by atoms with van der Waals surface area (Å²) < 4.78 is 13.2. The highest BCUT2D eigenvalue weighted by Gasteiger charge is 2.08. The molecule has 0 aliphatic carbocycles. The zero-order valence-electron chi connectivity index (χ0n) is 12.7. The van der Waals surface area contributed by atoms with Crippen LogP contribution in [0, 0.1) is 11.3 Å². The number of fused-ring (bicyclic) bond motifs is 1. The number of pyridine rings is 1. The van der Waals surface area contributed by atoms with E-state index in [0.29, 0.717) is 28.4 Å². The molecule has 7 heteroatoms. The fourth-order valence-corrected chi connectivity index (χ4v) is 2.55. The van der Waals surface area contributed by atoms with Crippen molar-refractivity contribution in [2.45, 2.75) is 6.61 Å². The van der Waals surface area contributed by atoms with Crippen LogP contribution in [0.5, 0.6) is 11.5 Å². The Labute approximate surface area is 146 Å². The first-order valence-electron chi connectivity index (χ1n) is 6.99. The molecule has 6 nitrogen and oxygen atoms in total. The van der Waals surface area contributed by atoms with Gasteiger partial charge in [0.15, 0.2) is 11.5 Å². The van der Waals surface area contributed by atoms with Gasteiger partial charge in [0.1, 0.15) is 12.3 Å². The average Bonchev–Trinajstić information content (AvgIpc) is 2.60. The highest BCUT2D eigenvalue weighted by Crippen LogP contribution is 2.28. The third kappa shape index (κ3) is 3.24. The maximum Gasteiger partial charge on any atom is 0.258 e. The molecular weight excluding hydrogens is 374 g/mol. The molecule has 0 saturated carbocycles. The molecule has 120 valence electrons. The standard InChI is InChI=1S/C17H12BrN3O3/c1-23-15-6-11(8-19)2-4-14(15)24-10-13-7-17(22)21-9-12(18)3-5-16(21)20-13/h2-7,9H,10H2,1H3. The van der Waals surface area contributed by atoms with Crippen molar-refractivity contribution in [3.63, 3.8) is 0 Å². The minimum Gasteiger partial charge on any atom is -0.493 e. The predicted octanol–water partition coefficient (Wildman–Crippen LogP) is 2.92. The molecule has 0 N–H and O–H groups in total. The number of rotatable bonds is 4. The van der Waals surface area contributed by atoms with Gasteiger partial charge in [0.05, 0.1) is 24.4 Å². The minimum absolute atomic E-state index is 0.115. The van der Waals surface area contributed by atoms with E-state index < -0.39 is 0 Å². The normalized spacial score (nSPS) is 10.4. The average molecular weight is 386 g/mol. The van der Waals surface area contributed by atoms with Gasteiger partial charge in [0.25, 0.3) is 5.56 Å². The SMILES string of the molecule is COc1cc(C#N)ccc1OCc1cc(=O)n2cc(Br)ccc2n1. The lowest BCUT2D eigenvalue weighted by molar-refractivity contribution is 0.280. The van der Waals surface area contributed by atoms with Crippen molar-refractivity contribution in [1.29, 1.82) is 5.26 Å². The van der Waals surface area contributed by atoms with E-state index in [1.807, 2.05) is 12.1 Å². The highest BCUT2D eigenvalue weighted by atomic mass is 79.9. The number of aromatic nitrogens is 2. The van der Waals surface area contributed by atoms with Crippen LogP contribution in [0.2, 0.25) is 0 Å². The monoisotopic (exact) mass is 385 g/mol. The van der Waals surface area contributed by atoms with Crippen LogP contribution in [0.1, 0.15) is 11.3 Å². The van der Waals surface area contributed by atoms with Crippen molar-refractivity contribution in [3.8, 4) is 17.6 Å². The van der Waals surface area contributed by atoms with Gasteiger partial charge in [0, 0.05) is 22.8 Å². The zero-order chi connectivity index (χ0) is 17.1. The molecule has 0 bridgehead atoms. The third-order valence-corrected chi connectivity index (χ3v) is 3.81. The largest absolute Gasteiger partial charge is 0.493 e. The Morgan fingerprint density at radius 1 is 1.25 bits per heavy atom. The Morgan fingerprint density at radius 3 is 2.83 bits per heavy atom. The lowest BCUT2D eigenvalue weighted by atomic mass is 10.2. The fourth-order valence-electron chi connectivity index (χ4n) is 2.21. The van der Waals surface area contributed by atoms with E-state index in [2.05, 4.69) is 20.9 Å². The van der Waals surface area contributed by atoms with Crippen LogP contribution in [0.25, 0.3) is 5.65 Å². The Morgan fingerprint density at radius 2 is 2.08 bits per heavy atom. The fraction of sp³-hybridized carbons (Fsp3) is 0.118. The summed E-state index contributed by atoms with van der Waals surface area (Å²) in [5.41, 5.74) is 1.34. The summed E-state index contributed by atoms with van der Waals surface area (Å²) in [4.78, 5) is 16.6. The first-order chi connectivity index (χ1) is 11.6. The van der Waals surface area contributed by atoms with Crippen molar-refractivity contribution < 1.29 is 9.47 Å². The number of nitrogens with zero attached hydrogens (tertiary/aromatic N) is 3. The summed E-state index contributed by atoms with van der Waals surface area (Å²) in [6, 6.07) is 11.9. The first kappa shape index (κ1) is 16.0. The number of methoxy groups -OCH3 is 1. The summed E-state index contributed by atoms with van der Waals surface area (Å²) in [7, 11) is 1.50. The van der Waals surface area contributed by atoms with Gasteiger partial charge in [0.2, 0.25) is 0 Å². The van der Waals surface area contributed by atoms with Gasteiger partial charge in [-0.25, -0.2) is 4.98 Å². The Hall–Kier alpha value is -2.85. The summed E-state index contributed by atoms with van der Waals surface area (Å²) in [6.07, 6.45) is 1.67. The van der Waals surface area contributed by atoms with Gasteiger partial charge in [-0.2, -0.15) is 5.26 Å². The second kappa shape index (κ2) is 6.72. The second-order valence-corrected chi connectivity index (χ2v) is 5.84. The number of hydrogen-bond donors (Lipinski definition) is 0. The smallest absolute Gasteiger partial charge is 0.258 e. The van der Waals surface area contributed by atoms with Crippen molar-refractivity contribution in [1.82, 2.24) is 9.38 Å². The summed E-state index contributed by atoms with van der Waals surface area (Å²) in [5.74, 6) is 0.935. The molecule has 3 rings (SSSR count). The molecule has 2 heterocycles. The molecule has 0 aliphatic rings. The van der Waals surface area contributed by atoms with E-state index >= 15 is 0 Å². The first-order valence-corrected chi connectivity index (χ1v) is 7.79. The van der Waals surface area contributed by atoms with Crippen LogP contribution in [0.4, 0.5) is 0 Å². The van der Waals surface area contributed by atoms with E-state index in [9.17, 15) is 4.79 Å². The van der Waals surface area contributed by atoms with Crippen molar-refractivity contribution in [3.05, 3.63) is 68.7 Å². The van der Waals surface area contributed by atoms with Crippen LogP contribution in [0.3, 0.4) is 0 Å². The molecule has 3 aromatic rings. The molecule has 2 aromatic heterocycles. The van der Waals surface area contributed by atoms with E-state index in [-0.39, 0.29) is 12.2 Å². The van der Waals surface area contributed by atoms with Gasteiger partial charge in [-0.15, -0.1) is 0 Å². The summed E-state index contributed by atoms with van der Waals surface area (Å²) in [6.45, 7) is 0.115. The Kier molecular flexibility index (Phi) is 4.49. The van der Waals surface area contributed by atoms with Crippen LogP contribution in [-0.4, -0.2) is 16.5 Å². The second-order valence-electron chi connectivity index (χ2n) is 4.93. The van der Waals surface area contributed by atoms with Gasteiger partial charge in [-0.05, 0) is 40.2 Å². The molecule has 0 fully saturated rings. The topological polar surface area (TPSA) is 76.6 Å².